The van der Waals surface area contributed by atoms with Crippen LogP contribution in [0.2, 0.25) is 5.02 Å². The van der Waals surface area contributed by atoms with E-state index >= 15 is 0 Å². The summed E-state index contributed by atoms with van der Waals surface area (Å²) in [6, 6.07) is 4.42. The number of benzene rings is 1. The minimum absolute atomic E-state index is 0.0312. The summed E-state index contributed by atoms with van der Waals surface area (Å²) < 4.78 is 23.8. The second-order valence-electron chi connectivity index (χ2n) is 5.48. The third-order valence-electron chi connectivity index (χ3n) is 3.66. The van der Waals surface area contributed by atoms with E-state index in [4.69, 9.17) is 21.1 Å². The molecule has 1 aliphatic rings. The molecule has 0 unspecified atom stereocenters. The number of carbonyl (C=O) groups excluding carboxylic acids is 1. The van der Waals surface area contributed by atoms with Gasteiger partial charge in [-0.25, -0.2) is 9.38 Å². The maximum absolute atomic E-state index is 13.3. The summed E-state index contributed by atoms with van der Waals surface area (Å²) >= 11 is 5.82. The standard InChI is InChI=1S/C18H20ClFN2O3/c1-12-5-4-8-22(11-13-6-7-15(20)14(19)9-13)17(23)10-16(24-2)18(21-12)25-3/h5-7,9-10H,4,8,11H2,1-3H3/b12-5+,16-10-,21-18+. The van der Waals surface area contributed by atoms with Crippen LogP contribution in [0.5, 0.6) is 0 Å². The largest absolute Gasteiger partial charge is 0.491 e. The molecule has 0 bridgehead atoms. The first-order valence-corrected chi connectivity index (χ1v) is 8.10. The molecule has 0 fully saturated rings. The van der Waals surface area contributed by atoms with E-state index in [-0.39, 0.29) is 22.6 Å². The summed E-state index contributed by atoms with van der Waals surface area (Å²) in [6.07, 6.45) is 3.88. The van der Waals surface area contributed by atoms with Gasteiger partial charge in [0, 0.05) is 18.8 Å². The number of ether oxygens (including phenoxy) is 2. The summed E-state index contributed by atoms with van der Waals surface area (Å²) in [6.45, 7) is 2.63. The Morgan fingerprint density at radius 3 is 2.72 bits per heavy atom. The van der Waals surface area contributed by atoms with Crippen LogP contribution in [0.15, 0.2) is 46.8 Å². The molecule has 134 valence electrons. The molecule has 0 radical (unpaired) electrons. The van der Waals surface area contributed by atoms with Gasteiger partial charge in [-0.05, 0) is 31.0 Å². The van der Waals surface area contributed by atoms with Crippen LogP contribution in [0.3, 0.4) is 0 Å². The molecule has 0 N–H and O–H groups in total. The van der Waals surface area contributed by atoms with E-state index in [1.807, 2.05) is 13.0 Å². The van der Waals surface area contributed by atoms with Gasteiger partial charge < -0.3 is 14.4 Å². The SMILES string of the molecule is COC1=C\C(=O)N(Cc2ccc(F)c(Cl)c2)CC/C=C(C)/N=C\1OC. The highest BCUT2D eigenvalue weighted by Crippen LogP contribution is 2.18. The molecule has 25 heavy (non-hydrogen) atoms. The van der Waals surface area contributed by atoms with Crippen LogP contribution in [0.25, 0.3) is 0 Å². The second-order valence-corrected chi connectivity index (χ2v) is 5.88. The molecule has 0 aromatic heterocycles. The molecule has 1 heterocycles. The minimum Gasteiger partial charge on any atom is -0.491 e. The van der Waals surface area contributed by atoms with E-state index in [1.54, 1.807) is 11.0 Å². The molecule has 7 heteroatoms. The van der Waals surface area contributed by atoms with E-state index in [1.165, 1.54) is 32.4 Å². The van der Waals surface area contributed by atoms with E-state index in [0.29, 0.717) is 19.5 Å². The normalized spacial score (nSPS) is 22.2. The summed E-state index contributed by atoms with van der Waals surface area (Å²) in [5.74, 6) is -0.269. The lowest BCUT2D eigenvalue weighted by Gasteiger charge is -2.22. The van der Waals surface area contributed by atoms with Crippen LogP contribution in [-0.2, 0) is 20.8 Å². The molecule has 1 aliphatic heterocycles. The number of carbonyl (C=O) groups is 1. The Morgan fingerprint density at radius 2 is 2.08 bits per heavy atom. The van der Waals surface area contributed by atoms with Gasteiger partial charge in [-0.3, -0.25) is 4.79 Å². The molecule has 0 saturated carbocycles. The van der Waals surface area contributed by atoms with E-state index in [0.717, 1.165) is 11.3 Å². The topological polar surface area (TPSA) is 51.1 Å². The predicted octanol–water partition coefficient (Wildman–Crippen LogP) is 3.69. The molecule has 0 aliphatic carbocycles. The minimum atomic E-state index is -0.487. The number of aliphatic imine (C=N–C) groups is 1. The summed E-state index contributed by atoms with van der Waals surface area (Å²) in [7, 11) is 2.91. The molecule has 1 aromatic carbocycles. The molecule has 0 atom stereocenters. The van der Waals surface area contributed by atoms with Crippen molar-refractivity contribution in [3.05, 3.63) is 58.2 Å². The number of amides is 1. The fourth-order valence-electron chi connectivity index (χ4n) is 2.37. The van der Waals surface area contributed by atoms with Crippen LogP contribution < -0.4 is 0 Å². The zero-order valence-electron chi connectivity index (χ0n) is 14.4. The lowest BCUT2D eigenvalue weighted by Crippen LogP contribution is -2.31. The zero-order chi connectivity index (χ0) is 18.4. The molecule has 5 nitrogen and oxygen atoms in total. The number of halogens is 2. The lowest BCUT2D eigenvalue weighted by atomic mass is 10.2. The molecule has 2 rings (SSSR count). The summed E-state index contributed by atoms with van der Waals surface area (Å²) in [5, 5.41) is 0.0312. The van der Waals surface area contributed by atoms with Crippen molar-refractivity contribution < 1.29 is 18.7 Å². The number of methoxy groups -OCH3 is 2. The van der Waals surface area contributed by atoms with Crippen molar-refractivity contribution in [3.8, 4) is 0 Å². The van der Waals surface area contributed by atoms with Crippen molar-refractivity contribution in [2.75, 3.05) is 20.8 Å². The van der Waals surface area contributed by atoms with Crippen molar-refractivity contribution in [2.24, 2.45) is 4.99 Å². The average Bonchev–Trinajstić information content (AvgIpc) is 2.59. The first-order chi connectivity index (χ1) is 11.9. The van der Waals surface area contributed by atoms with Crippen molar-refractivity contribution >= 4 is 23.4 Å². The number of rotatable bonds is 3. The Balaban J connectivity index is 2.32. The third kappa shape index (κ3) is 5.06. The van der Waals surface area contributed by atoms with E-state index in [9.17, 15) is 9.18 Å². The van der Waals surface area contributed by atoms with Crippen molar-refractivity contribution in [1.82, 2.24) is 4.90 Å². The molecule has 1 amide bonds. The monoisotopic (exact) mass is 366 g/mol. The third-order valence-corrected chi connectivity index (χ3v) is 3.95. The quantitative estimate of drug-likeness (QED) is 0.819. The number of allylic oxidation sites excluding steroid dienone is 1. The number of nitrogens with zero attached hydrogens (tertiary/aromatic N) is 2. The van der Waals surface area contributed by atoms with Gasteiger partial charge in [0.1, 0.15) is 5.82 Å². The summed E-state index contributed by atoms with van der Waals surface area (Å²) in [5.41, 5.74) is 1.50. The van der Waals surface area contributed by atoms with Gasteiger partial charge in [0.05, 0.1) is 25.3 Å². The Bertz CT molecular complexity index is 744. The highest BCUT2D eigenvalue weighted by Gasteiger charge is 2.18. The Kier molecular flexibility index (Phi) is 6.58. The van der Waals surface area contributed by atoms with Crippen LogP contribution in [0, 0.1) is 5.82 Å². The van der Waals surface area contributed by atoms with Gasteiger partial charge in [0.2, 0.25) is 0 Å². The molecule has 0 saturated heterocycles. The molecular formula is C18H20ClFN2O3. The van der Waals surface area contributed by atoms with E-state index < -0.39 is 5.82 Å². The van der Waals surface area contributed by atoms with Crippen LogP contribution in [0.1, 0.15) is 18.9 Å². The molecular weight excluding hydrogens is 347 g/mol. The van der Waals surface area contributed by atoms with Gasteiger partial charge >= 0.3 is 0 Å². The second kappa shape index (κ2) is 8.67. The van der Waals surface area contributed by atoms with Gasteiger partial charge in [0.25, 0.3) is 11.8 Å². The number of hydrogen-bond acceptors (Lipinski definition) is 4. The van der Waals surface area contributed by atoms with Gasteiger partial charge in [-0.15, -0.1) is 0 Å². The van der Waals surface area contributed by atoms with Crippen molar-refractivity contribution in [3.63, 3.8) is 0 Å². The van der Waals surface area contributed by atoms with Crippen LogP contribution >= 0.6 is 11.6 Å². The number of hydrogen-bond donors (Lipinski definition) is 0. The maximum Gasteiger partial charge on any atom is 0.257 e. The highest BCUT2D eigenvalue weighted by molar-refractivity contribution is 6.30. The summed E-state index contributed by atoms with van der Waals surface area (Å²) in [4.78, 5) is 18.6. The fraction of sp³-hybridized carbons (Fsp3) is 0.333. The predicted molar refractivity (Wildman–Crippen MR) is 94.7 cm³/mol. The lowest BCUT2D eigenvalue weighted by molar-refractivity contribution is -0.126. The van der Waals surface area contributed by atoms with Crippen LogP contribution in [0.4, 0.5) is 4.39 Å². The van der Waals surface area contributed by atoms with Crippen molar-refractivity contribution in [1.29, 1.82) is 0 Å². The van der Waals surface area contributed by atoms with Crippen molar-refractivity contribution in [2.45, 2.75) is 19.9 Å². The van der Waals surface area contributed by atoms with E-state index in [2.05, 4.69) is 4.99 Å². The first kappa shape index (κ1) is 19.0. The maximum atomic E-state index is 13.3. The average molecular weight is 367 g/mol. The smallest absolute Gasteiger partial charge is 0.257 e. The van der Waals surface area contributed by atoms with Crippen LogP contribution in [-0.4, -0.2) is 37.5 Å². The first-order valence-electron chi connectivity index (χ1n) is 7.73. The van der Waals surface area contributed by atoms with Gasteiger partial charge in [-0.2, -0.15) is 0 Å². The Labute approximate surface area is 151 Å². The highest BCUT2D eigenvalue weighted by atomic mass is 35.5. The Hall–Kier alpha value is -2.34. The molecule has 0 spiro atoms. The zero-order valence-corrected chi connectivity index (χ0v) is 15.1. The van der Waals surface area contributed by atoms with Gasteiger partial charge in [-0.1, -0.05) is 23.7 Å². The Morgan fingerprint density at radius 1 is 1.32 bits per heavy atom. The molecule has 1 aromatic rings. The van der Waals surface area contributed by atoms with Gasteiger partial charge in [0.15, 0.2) is 5.76 Å². The fourth-order valence-corrected chi connectivity index (χ4v) is 2.58.